The lowest BCUT2D eigenvalue weighted by molar-refractivity contribution is 0.462. The normalized spacial score (nSPS) is 11.4. The summed E-state index contributed by atoms with van der Waals surface area (Å²) in [6.45, 7) is 1.96. The Morgan fingerprint density at radius 1 is 1.47 bits per heavy atom. The van der Waals surface area contributed by atoms with Gasteiger partial charge in [0.25, 0.3) is 0 Å². The van der Waals surface area contributed by atoms with Crippen LogP contribution < -0.4 is 11.2 Å². The summed E-state index contributed by atoms with van der Waals surface area (Å²) in [6.07, 6.45) is 0.732. The minimum atomic E-state index is -0.0831. The predicted octanol–water partition coefficient (Wildman–Crippen LogP) is 1.81. The third kappa shape index (κ3) is 1.32. The van der Waals surface area contributed by atoms with E-state index < -0.39 is 0 Å². The first-order valence-corrected chi connectivity index (χ1v) is 5.40. The van der Waals surface area contributed by atoms with E-state index in [0.29, 0.717) is 27.7 Å². The van der Waals surface area contributed by atoms with Crippen LogP contribution in [-0.4, -0.2) is 10.1 Å². The van der Waals surface area contributed by atoms with E-state index in [1.165, 1.54) is 0 Å². The molecule has 0 spiro atoms. The first-order valence-electron chi connectivity index (χ1n) is 5.40. The van der Waals surface area contributed by atoms with Gasteiger partial charge in [-0.2, -0.15) is 0 Å². The summed E-state index contributed by atoms with van der Waals surface area (Å²) in [5.74, 6) is 0.417. The number of benzene rings is 1. The zero-order chi connectivity index (χ0) is 12.0. The van der Waals surface area contributed by atoms with Crippen LogP contribution in [0.2, 0.25) is 0 Å². The lowest BCUT2D eigenvalue weighted by Crippen LogP contribution is -2.04. The molecule has 0 unspecified atom stereocenters. The van der Waals surface area contributed by atoms with E-state index >= 15 is 0 Å². The maximum Gasteiger partial charge on any atom is 0.193 e. The minimum Gasteiger partial charge on any atom is -0.382 e. The maximum atomic E-state index is 12.0. The van der Waals surface area contributed by atoms with Crippen molar-refractivity contribution < 1.29 is 4.52 Å². The molecule has 0 bridgehead atoms. The molecule has 2 heterocycles. The summed E-state index contributed by atoms with van der Waals surface area (Å²) < 4.78 is 5.23. The molecular weight excluding hydrogens is 218 g/mol. The Labute approximate surface area is 96.2 Å². The van der Waals surface area contributed by atoms with Crippen LogP contribution in [0.15, 0.2) is 27.5 Å². The van der Waals surface area contributed by atoms with Crippen LogP contribution in [-0.2, 0) is 6.42 Å². The zero-order valence-corrected chi connectivity index (χ0v) is 9.28. The summed E-state index contributed by atoms with van der Waals surface area (Å²) in [6, 6.07) is 5.14. The van der Waals surface area contributed by atoms with Gasteiger partial charge >= 0.3 is 0 Å². The first kappa shape index (κ1) is 9.89. The Bertz CT molecular complexity index is 770. The van der Waals surface area contributed by atoms with E-state index in [1.54, 1.807) is 18.2 Å². The Morgan fingerprint density at radius 3 is 3.06 bits per heavy atom. The highest BCUT2D eigenvalue weighted by Gasteiger charge is 2.12. The van der Waals surface area contributed by atoms with Crippen molar-refractivity contribution in [3.8, 4) is 0 Å². The van der Waals surface area contributed by atoms with Gasteiger partial charge in [-0.15, -0.1) is 0 Å². The molecule has 2 aromatic heterocycles. The summed E-state index contributed by atoms with van der Waals surface area (Å²) in [7, 11) is 0. The van der Waals surface area contributed by atoms with Crippen LogP contribution in [0, 0.1) is 0 Å². The number of aromatic amines is 1. The van der Waals surface area contributed by atoms with Gasteiger partial charge in [0.1, 0.15) is 5.82 Å². The Kier molecular flexibility index (Phi) is 1.95. The van der Waals surface area contributed by atoms with E-state index in [4.69, 9.17) is 10.3 Å². The van der Waals surface area contributed by atoms with Crippen LogP contribution in [0.25, 0.3) is 21.9 Å². The fourth-order valence-electron chi connectivity index (χ4n) is 1.97. The molecule has 1 aromatic carbocycles. The number of nitrogens with two attached hydrogens (primary N) is 1. The lowest BCUT2D eigenvalue weighted by atomic mass is 10.1. The first-order chi connectivity index (χ1) is 8.20. The molecule has 3 rings (SSSR count). The third-order valence-corrected chi connectivity index (χ3v) is 2.86. The van der Waals surface area contributed by atoms with Crippen molar-refractivity contribution in [3.05, 3.63) is 34.1 Å². The van der Waals surface area contributed by atoms with Gasteiger partial charge in [0.2, 0.25) is 0 Å². The Morgan fingerprint density at radius 2 is 2.29 bits per heavy atom. The molecule has 5 heteroatoms. The number of aryl methyl sites for hydroxylation is 1. The van der Waals surface area contributed by atoms with Gasteiger partial charge in [0.15, 0.2) is 11.0 Å². The molecule has 17 heavy (non-hydrogen) atoms. The Hall–Kier alpha value is -2.30. The quantitative estimate of drug-likeness (QED) is 0.666. The van der Waals surface area contributed by atoms with Crippen molar-refractivity contribution in [1.29, 1.82) is 0 Å². The minimum absolute atomic E-state index is 0.0831. The molecule has 0 aliphatic carbocycles. The van der Waals surface area contributed by atoms with Crippen molar-refractivity contribution >= 4 is 27.7 Å². The van der Waals surface area contributed by atoms with Crippen LogP contribution in [0.5, 0.6) is 0 Å². The van der Waals surface area contributed by atoms with Crippen molar-refractivity contribution in [2.75, 3.05) is 5.73 Å². The monoisotopic (exact) mass is 229 g/mol. The predicted molar refractivity (Wildman–Crippen MR) is 65.9 cm³/mol. The van der Waals surface area contributed by atoms with Crippen molar-refractivity contribution in [3.63, 3.8) is 0 Å². The summed E-state index contributed by atoms with van der Waals surface area (Å²) in [5.41, 5.74) is 7.52. The fourth-order valence-corrected chi connectivity index (χ4v) is 1.97. The molecule has 5 nitrogen and oxygen atoms in total. The topological polar surface area (TPSA) is 84.9 Å². The SMILES string of the molecule is CCc1cc(=O)c2c(ccc3c(N)[nH]oc32)n1. The van der Waals surface area contributed by atoms with Crippen LogP contribution in [0.1, 0.15) is 12.6 Å². The van der Waals surface area contributed by atoms with Crippen molar-refractivity contribution in [2.45, 2.75) is 13.3 Å². The molecule has 86 valence electrons. The van der Waals surface area contributed by atoms with E-state index in [0.717, 1.165) is 12.1 Å². The molecule has 0 atom stereocenters. The third-order valence-electron chi connectivity index (χ3n) is 2.86. The molecule has 0 amide bonds. The molecule has 3 N–H and O–H groups in total. The average Bonchev–Trinajstić information content (AvgIpc) is 2.70. The van der Waals surface area contributed by atoms with Gasteiger partial charge in [-0.1, -0.05) is 6.92 Å². The number of hydrogen-bond acceptors (Lipinski definition) is 4. The number of nitrogens with one attached hydrogen (secondary N) is 1. The zero-order valence-electron chi connectivity index (χ0n) is 9.28. The second-order valence-electron chi connectivity index (χ2n) is 3.92. The highest BCUT2D eigenvalue weighted by atomic mass is 16.5. The average molecular weight is 229 g/mol. The Balaban J connectivity index is 2.55. The second kappa shape index (κ2) is 3.35. The number of hydrogen-bond donors (Lipinski definition) is 2. The maximum absolute atomic E-state index is 12.0. The highest BCUT2D eigenvalue weighted by molar-refractivity contribution is 6.05. The number of aromatic nitrogens is 2. The van der Waals surface area contributed by atoms with Crippen molar-refractivity contribution in [2.24, 2.45) is 0 Å². The van der Waals surface area contributed by atoms with E-state index in [-0.39, 0.29) is 5.43 Å². The molecule has 0 saturated carbocycles. The number of pyridine rings is 1. The van der Waals surface area contributed by atoms with Crippen LogP contribution >= 0.6 is 0 Å². The number of rotatable bonds is 1. The highest BCUT2D eigenvalue weighted by Crippen LogP contribution is 2.25. The van der Waals surface area contributed by atoms with Gasteiger partial charge < -0.3 is 10.3 Å². The number of H-pyrrole nitrogens is 1. The molecule has 0 radical (unpaired) electrons. The fraction of sp³-hybridized carbons (Fsp3) is 0.167. The number of fused-ring (bicyclic) bond motifs is 3. The van der Waals surface area contributed by atoms with Gasteiger partial charge in [-0.3, -0.25) is 9.78 Å². The number of anilines is 1. The van der Waals surface area contributed by atoms with Gasteiger partial charge in [0.05, 0.1) is 16.3 Å². The second-order valence-corrected chi connectivity index (χ2v) is 3.92. The molecule has 0 saturated heterocycles. The van der Waals surface area contributed by atoms with Crippen LogP contribution in [0.4, 0.5) is 5.82 Å². The van der Waals surface area contributed by atoms with E-state index in [1.807, 2.05) is 6.92 Å². The molecule has 0 aliphatic rings. The molecule has 0 aliphatic heterocycles. The summed E-state index contributed by atoms with van der Waals surface area (Å²) in [5, 5.41) is 3.75. The largest absolute Gasteiger partial charge is 0.382 e. The van der Waals surface area contributed by atoms with E-state index in [2.05, 4.69) is 10.1 Å². The lowest BCUT2D eigenvalue weighted by Gasteiger charge is -1.99. The van der Waals surface area contributed by atoms with Crippen molar-refractivity contribution in [1.82, 2.24) is 10.1 Å². The summed E-state index contributed by atoms with van der Waals surface area (Å²) >= 11 is 0. The summed E-state index contributed by atoms with van der Waals surface area (Å²) in [4.78, 5) is 16.4. The van der Waals surface area contributed by atoms with E-state index in [9.17, 15) is 4.79 Å². The smallest absolute Gasteiger partial charge is 0.193 e. The molecular formula is C12H11N3O2. The van der Waals surface area contributed by atoms with Gasteiger partial charge in [0, 0.05) is 11.8 Å². The number of nitrogen functional groups attached to an aromatic ring is 1. The van der Waals surface area contributed by atoms with Crippen LogP contribution in [0.3, 0.4) is 0 Å². The molecule has 0 fully saturated rings. The molecule has 3 aromatic rings. The number of nitrogens with zero attached hydrogens (tertiary/aromatic N) is 1. The van der Waals surface area contributed by atoms with Gasteiger partial charge in [-0.25, -0.2) is 5.16 Å². The standard InChI is InChI=1S/C12H11N3O2/c1-2-6-5-9(16)10-8(14-6)4-3-7-11(10)17-15-12(7)13/h3-5,15H,2,13H2,1H3. The van der Waals surface area contributed by atoms with Gasteiger partial charge in [-0.05, 0) is 18.6 Å².